The number of carbonyl (C=O) groups is 2. The number of rotatable bonds is 9. The van der Waals surface area contributed by atoms with E-state index in [0.717, 1.165) is 18.7 Å². The van der Waals surface area contributed by atoms with Crippen molar-refractivity contribution < 1.29 is 19.1 Å². The summed E-state index contributed by atoms with van der Waals surface area (Å²) in [6, 6.07) is 10.3. The maximum absolute atomic E-state index is 12.5. The largest absolute Gasteiger partial charge is 0.463 e. The molecule has 1 atom stereocenters. The fourth-order valence-electron chi connectivity index (χ4n) is 3.09. The fourth-order valence-corrected chi connectivity index (χ4v) is 3.09. The van der Waals surface area contributed by atoms with Crippen LogP contribution in [0.1, 0.15) is 26.7 Å². The Bertz CT molecular complexity index is 632. The van der Waals surface area contributed by atoms with E-state index in [2.05, 4.69) is 23.6 Å². The highest BCUT2D eigenvalue weighted by molar-refractivity contribution is 5.81. The quantitative estimate of drug-likeness (QED) is 0.378. The van der Waals surface area contributed by atoms with Crippen LogP contribution in [0.15, 0.2) is 42.5 Å². The number of hydrogen-bond donors (Lipinski definition) is 0. The van der Waals surface area contributed by atoms with Gasteiger partial charge in [0.05, 0.1) is 19.6 Å². The Labute approximate surface area is 161 Å². The molecule has 0 aliphatic carbocycles. The zero-order chi connectivity index (χ0) is 19.6. The highest BCUT2D eigenvalue weighted by Crippen LogP contribution is 2.19. The number of benzene rings is 1. The molecule has 1 amide bonds. The molecule has 6 heteroatoms. The summed E-state index contributed by atoms with van der Waals surface area (Å²) in [6.07, 6.45) is 0.284. The Hall–Kier alpha value is -2.34. The summed E-state index contributed by atoms with van der Waals surface area (Å²) in [5.41, 5.74) is 2.10. The zero-order valence-corrected chi connectivity index (χ0v) is 16.4. The standard InChI is InChI=1S/C21H30N2O4/c1-17(2)16-26-13-14-27-21(25)10-9-20(24)23-12-11-22(15-18(23)3)19-7-5-4-6-8-19/h4-8,18H,1,9-16H2,2-3H3. The van der Waals surface area contributed by atoms with Gasteiger partial charge in [-0.25, -0.2) is 0 Å². The van der Waals surface area contributed by atoms with Gasteiger partial charge in [-0.2, -0.15) is 0 Å². The van der Waals surface area contributed by atoms with Crippen molar-refractivity contribution in [1.82, 2.24) is 4.90 Å². The molecule has 27 heavy (non-hydrogen) atoms. The third-order valence-corrected chi connectivity index (χ3v) is 4.45. The Kier molecular flexibility index (Phi) is 8.33. The Morgan fingerprint density at radius 3 is 2.56 bits per heavy atom. The first-order valence-corrected chi connectivity index (χ1v) is 9.44. The van der Waals surface area contributed by atoms with Crippen molar-refractivity contribution in [2.45, 2.75) is 32.7 Å². The maximum Gasteiger partial charge on any atom is 0.306 e. The molecule has 148 valence electrons. The minimum absolute atomic E-state index is 0.00527. The molecule has 0 radical (unpaired) electrons. The normalized spacial score (nSPS) is 16.9. The van der Waals surface area contributed by atoms with Crippen LogP contribution >= 0.6 is 0 Å². The smallest absolute Gasteiger partial charge is 0.306 e. The van der Waals surface area contributed by atoms with Gasteiger partial charge in [0, 0.05) is 37.8 Å². The van der Waals surface area contributed by atoms with Crippen LogP contribution in [0.3, 0.4) is 0 Å². The van der Waals surface area contributed by atoms with Gasteiger partial charge in [-0.1, -0.05) is 30.4 Å². The molecule has 1 aromatic carbocycles. The molecule has 1 heterocycles. The van der Waals surface area contributed by atoms with Crippen molar-refractivity contribution in [3.63, 3.8) is 0 Å². The Morgan fingerprint density at radius 2 is 1.89 bits per heavy atom. The van der Waals surface area contributed by atoms with E-state index in [0.29, 0.717) is 19.8 Å². The molecule has 1 aliphatic heterocycles. The number of para-hydroxylation sites is 1. The lowest BCUT2D eigenvalue weighted by Gasteiger charge is -2.41. The Balaban J connectivity index is 1.67. The zero-order valence-electron chi connectivity index (χ0n) is 16.4. The number of ether oxygens (including phenoxy) is 2. The van der Waals surface area contributed by atoms with Crippen LogP contribution in [0, 0.1) is 0 Å². The second-order valence-corrected chi connectivity index (χ2v) is 6.95. The first-order chi connectivity index (χ1) is 13.0. The van der Waals surface area contributed by atoms with Crippen molar-refractivity contribution in [3.05, 3.63) is 42.5 Å². The molecule has 2 rings (SSSR count). The van der Waals surface area contributed by atoms with Gasteiger partial charge >= 0.3 is 5.97 Å². The van der Waals surface area contributed by atoms with Gasteiger partial charge in [0.25, 0.3) is 0 Å². The average Bonchev–Trinajstić information content (AvgIpc) is 2.66. The second-order valence-electron chi connectivity index (χ2n) is 6.95. The first-order valence-electron chi connectivity index (χ1n) is 9.44. The van der Waals surface area contributed by atoms with Gasteiger partial charge in [-0.15, -0.1) is 0 Å². The number of carbonyl (C=O) groups excluding carboxylic acids is 2. The minimum atomic E-state index is -0.363. The molecular formula is C21H30N2O4. The predicted molar refractivity (Wildman–Crippen MR) is 106 cm³/mol. The van der Waals surface area contributed by atoms with E-state index in [1.807, 2.05) is 36.9 Å². The van der Waals surface area contributed by atoms with Crippen molar-refractivity contribution in [1.29, 1.82) is 0 Å². The fraction of sp³-hybridized carbons (Fsp3) is 0.524. The molecule has 0 saturated carbocycles. The molecular weight excluding hydrogens is 344 g/mol. The summed E-state index contributed by atoms with van der Waals surface area (Å²) in [5, 5.41) is 0. The number of anilines is 1. The van der Waals surface area contributed by atoms with Crippen LogP contribution in [-0.2, 0) is 19.1 Å². The highest BCUT2D eigenvalue weighted by atomic mass is 16.6. The van der Waals surface area contributed by atoms with Gasteiger partial charge in [-0.3, -0.25) is 9.59 Å². The first kappa shape index (κ1) is 21.0. The number of esters is 1. The molecule has 1 fully saturated rings. The summed E-state index contributed by atoms with van der Waals surface area (Å²) in [6.45, 7) is 10.9. The van der Waals surface area contributed by atoms with Crippen LogP contribution in [0.4, 0.5) is 5.69 Å². The summed E-state index contributed by atoms with van der Waals surface area (Å²) in [5.74, 6) is -0.358. The monoisotopic (exact) mass is 374 g/mol. The van der Waals surface area contributed by atoms with Crippen LogP contribution in [0.5, 0.6) is 0 Å². The van der Waals surface area contributed by atoms with Crippen LogP contribution in [-0.4, -0.2) is 62.3 Å². The van der Waals surface area contributed by atoms with Gasteiger partial charge < -0.3 is 19.3 Å². The number of piperazine rings is 1. The molecule has 0 bridgehead atoms. The third-order valence-electron chi connectivity index (χ3n) is 4.45. The van der Waals surface area contributed by atoms with Crippen molar-refractivity contribution in [3.8, 4) is 0 Å². The second kappa shape index (κ2) is 10.7. The van der Waals surface area contributed by atoms with E-state index in [9.17, 15) is 9.59 Å². The lowest BCUT2D eigenvalue weighted by Crippen LogP contribution is -2.54. The summed E-state index contributed by atoms with van der Waals surface area (Å²) in [7, 11) is 0. The van der Waals surface area contributed by atoms with Gasteiger partial charge in [0.15, 0.2) is 0 Å². The van der Waals surface area contributed by atoms with E-state index in [-0.39, 0.29) is 37.4 Å². The predicted octanol–water partition coefficient (Wildman–Crippen LogP) is 2.64. The van der Waals surface area contributed by atoms with E-state index in [4.69, 9.17) is 9.47 Å². The maximum atomic E-state index is 12.5. The SMILES string of the molecule is C=C(C)COCCOC(=O)CCC(=O)N1CCN(c2ccccc2)CC1C. The number of hydrogen-bond acceptors (Lipinski definition) is 5. The van der Waals surface area contributed by atoms with Crippen LogP contribution < -0.4 is 4.90 Å². The van der Waals surface area contributed by atoms with Gasteiger partial charge in [0.1, 0.15) is 6.61 Å². The van der Waals surface area contributed by atoms with Crippen LogP contribution in [0.25, 0.3) is 0 Å². The third kappa shape index (κ3) is 7.06. The van der Waals surface area contributed by atoms with Gasteiger partial charge in [0.2, 0.25) is 5.91 Å². The number of nitrogens with zero attached hydrogens (tertiary/aromatic N) is 2. The molecule has 1 aromatic rings. The number of amides is 1. The summed E-state index contributed by atoms with van der Waals surface area (Å²) < 4.78 is 10.4. The van der Waals surface area contributed by atoms with E-state index < -0.39 is 0 Å². The molecule has 0 spiro atoms. The molecule has 0 N–H and O–H groups in total. The lowest BCUT2D eigenvalue weighted by atomic mass is 10.1. The van der Waals surface area contributed by atoms with Gasteiger partial charge in [-0.05, 0) is 26.0 Å². The minimum Gasteiger partial charge on any atom is -0.463 e. The van der Waals surface area contributed by atoms with E-state index >= 15 is 0 Å². The highest BCUT2D eigenvalue weighted by Gasteiger charge is 2.27. The average molecular weight is 374 g/mol. The molecule has 0 aromatic heterocycles. The molecule has 6 nitrogen and oxygen atoms in total. The molecule has 1 saturated heterocycles. The molecule has 1 aliphatic rings. The summed E-state index contributed by atoms with van der Waals surface area (Å²) >= 11 is 0. The van der Waals surface area contributed by atoms with E-state index in [1.54, 1.807) is 0 Å². The topological polar surface area (TPSA) is 59.1 Å². The Morgan fingerprint density at radius 1 is 1.15 bits per heavy atom. The van der Waals surface area contributed by atoms with Crippen molar-refractivity contribution >= 4 is 17.6 Å². The summed E-state index contributed by atoms with van der Waals surface area (Å²) in [4.78, 5) is 28.4. The molecule has 1 unspecified atom stereocenters. The van der Waals surface area contributed by atoms with Crippen LogP contribution in [0.2, 0.25) is 0 Å². The van der Waals surface area contributed by atoms with Crippen molar-refractivity contribution in [2.75, 3.05) is 44.4 Å². The van der Waals surface area contributed by atoms with E-state index in [1.165, 1.54) is 5.69 Å². The lowest BCUT2D eigenvalue weighted by molar-refractivity contribution is -0.147. The van der Waals surface area contributed by atoms with Crippen molar-refractivity contribution in [2.24, 2.45) is 0 Å².